The van der Waals surface area contributed by atoms with E-state index in [0.717, 1.165) is 17.9 Å². The first-order valence-corrected chi connectivity index (χ1v) is 7.40. The van der Waals surface area contributed by atoms with Gasteiger partial charge in [-0.1, -0.05) is 44.2 Å². The van der Waals surface area contributed by atoms with Crippen molar-refractivity contribution in [1.82, 2.24) is 0 Å². The van der Waals surface area contributed by atoms with Gasteiger partial charge in [-0.3, -0.25) is 14.9 Å². The fourth-order valence-electron chi connectivity index (χ4n) is 2.89. The Hall–Kier alpha value is -1.71. The maximum atomic E-state index is 11.9. The molecule has 108 valence electrons. The second kappa shape index (κ2) is 7.17. The molecule has 1 aromatic carbocycles. The van der Waals surface area contributed by atoms with Crippen LogP contribution in [-0.4, -0.2) is 10.7 Å². The number of hydrogen-bond acceptors (Lipinski definition) is 3. The van der Waals surface area contributed by atoms with E-state index >= 15 is 0 Å². The monoisotopic (exact) mass is 275 g/mol. The van der Waals surface area contributed by atoms with E-state index in [1.165, 1.54) is 44.2 Å². The molecule has 0 aromatic heterocycles. The van der Waals surface area contributed by atoms with Gasteiger partial charge in [-0.2, -0.15) is 0 Å². The highest BCUT2D eigenvalue weighted by Crippen LogP contribution is 2.27. The molecule has 0 atom stereocenters. The van der Waals surface area contributed by atoms with Crippen molar-refractivity contribution in [2.24, 2.45) is 5.92 Å². The van der Waals surface area contributed by atoms with Crippen LogP contribution < -0.4 is 0 Å². The number of carbonyl (C=O) groups excluding carboxylic acids is 1. The van der Waals surface area contributed by atoms with Gasteiger partial charge in [0, 0.05) is 25.0 Å². The Bertz CT molecular complexity index is 461. The van der Waals surface area contributed by atoms with Crippen LogP contribution in [0.3, 0.4) is 0 Å². The molecule has 0 spiro atoms. The van der Waals surface area contributed by atoms with Crippen molar-refractivity contribution >= 4 is 11.5 Å². The number of nitrogens with zero attached hydrogens (tertiary/aromatic N) is 1. The summed E-state index contributed by atoms with van der Waals surface area (Å²) in [6.07, 6.45) is 8.53. The lowest BCUT2D eigenvalue weighted by molar-refractivity contribution is -0.384. The average molecular weight is 275 g/mol. The van der Waals surface area contributed by atoms with Crippen LogP contribution in [0.4, 0.5) is 5.69 Å². The van der Waals surface area contributed by atoms with Gasteiger partial charge in [-0.25, -0.2) is 0 Å². The number of nitro benzene ring substituents is 1. The number of carbonyl (C=O) groups is 1. The van der Waals surface area contributed by atoms with Gasteiger partial charge in [0.15, 0.2) is 0 Å². The third-order valence-corrected chi connectivity index (χ3v) is 4.10. The first-order valence-electron chi connectivity index (χ1n) is 7.40. The quantitative estimate of drug-likeness (QED) is 0.581. The normalized spacial score (nSPS) is 16.0. The zero-order valence-corrected chi connectivity index (χ0v) is 11.7. The van der Waals surface area contributed by atoms with Crippen molar-refractivity contribution in [2.45, 2.75) is 51.4 Å². The molecule has 0 unspecified atom stereocenters. The molecule has 0 bridgehead atoms. The molecule has 0 amide bonds. The number of hydrogen-bond donors (Lipinski definition) is 0. The third kappa shape index (κ3) is 4.44. The van der Waals surface area contributed by atoms with Crippen molar-refractivity contribution in [1.29, 1.82) is 0 Å². The lowest BCUT2D eigenvalue weighted by Gasteiger charge is -2.20. The molecular weight excluding hydrogens is 254 g/mol. The largest absolute Gasteiger partial charge is 0.299 e. The Morgan fingerprint density at radius 1 is 1.15 bits per heavy atom. The minimum Gasteiger partial charge on any atom is -0.299 e. The predicted octanol–water partition coefficient (Wildman–Crippen LogP) is 4.07. The Morgan fingerprint density at radius 3 is 2.40 bits per heavy atom. The lowest BCUT2D eigenvalue weighted by Crippen LogP contribution is -2.10. The highest BCUT2D eigenvalue weighted by atomic mass is 16.6. The molecule has 0 saturated heterocycles. The van der Waals surface area contributed by atoms with Gasteiger partial charge >= 0.3 is 0 Å². The standard InChI is InChI=1S/C16H21NO3/c18-16(11-8-13-4-2-1-3-5-13)12-14-6-9-15(10-7-14)17(19)20/h6-7,9-10,13H,1-5,8,11-12H2. The summed E-state index contributed by atoms with van der Waals surface area (Å²) in [6, 6.07) is 6.28. The molecule has 4 heteroatoms. The summed E-state index contributed by atoms with van der Waals surface area (Å²) in [5.41, 5.74) is 0.938. The molecule has 4 nitrogen and oxygen atoms in total. The van der Waals surface area contributed by atoms with Gasteiger partial charge in [-0.15, -0.1) is 0 Å². The molecule has 1 aromatic rings. The highest BCUT2D eigenvalue weighted by molar-refractivity contribution is 5.80. The van der Waals surface area contributed by atoms with E-state index in [4.69, 9.17) is 0 Å². The summed E-state index contributed by atoms with van der Waals surface area (Å²) >= 11 is 0. The van der Waals surface area contributed by atoms with Crippen molar-refractivity contribution in [3.8, 4) is 0 Å². The highest BCUT2D eigenvalue weighted by Gasteiger charge is 2.15. The minimum absolute atomic E-state index is 0.0726. The van der Waals surface area contributed by atoms with Crippen LogP contribution in [0, 0.1) is 16.0 Å². The first kappa shape index (κ1) is 14.7. The SMILES string of the molecule is O=C(CCC1CCCCC1)Cc1ccc([N+](=O)[O-])cc1. The predicted molar refractivity (Wildman–Crippen MR) is 77.6 cm³/mol. The van der Waals surface area contributed by atoms with E-state index in [2.05, 4.69) is 0 Å². The molecule has 1 fully saturated rings. The number of benzene rings is 1. The van der Waals surface area contributed by atoms with Crippen molar-refractivity contribution in [3.63, 3.8) is 0 Å². The van der Waals surface area contributed by atoms with E-state index < -0.39 is 4.92 Å². The van der Waals surface area contributed by atoms with Gasteiger partial charge in [0.05, 0.1) is 4.92 Å². The van der Waals surface area contributed by atoms with E-state index in [1.54, 1.807) is 12.1 Å². The molecule has 1 saturated carbocycles. The molecule has 1 aliphatic carbocycles. The minimum atomic E-state index is -0.422. The summed E-state index contributed by atoms with van der Waals surface area (Å²) in [4.78, 5) is 22.1. The summed E-state index contributed by atoms with van der Waals surface area (Å²) < 4.78 is 0. The summed E-state index contributed by atoms with van der Waals surface area (Å²) in [5.74, 6) is 0.967. The number of nitro groups is 1. The van der Waals surface area contributed by atoms with Crippen LogP contribution in [0.5, 0.6) is 0 Å². The molecule has 1 aliphatic rings. The maximum Gasteiger partial charge on any atom is 0.269 e. The molecule has 0 aliphatic heterocycles. The molecule has 2 rings (SSSR count). The zero-order valence-electron chi connectivity index (χ0n) is 11.7. The Balaban J connectivity index is 1.77. The van der Waals surface area contributed by atoms with Crippen LogP contribution in [0.15, 0.2) is 24.3 Å². The van der Waals surface area contributed by atoms with Crippen LogP contribution in [0.25, 0.3) is 0 Å². The van der Waals surface area contributed by atoms with E-state index in [1.807, 2.05) is 0 Å². The summed E-state index contributed by atoms with van der Waals surface area (Å²) in [7, 11) is 0. The molecule has 20 heavy (non-hydrogen) atoms. The van der Waals surface area contributed by atoms with Gasteiger partial charge in [0.2, 0.25) is 0 Å². The first-order chi connectivity index (χ1) is 9.65. The lowest BCUT2D eigenvalue weighted by atomic mass is 9.85. The summed E-state index contributed by atoms with van der Waals surface area (Å²) in [5, 5.41) is 10.6. The number of Topliss-reactive ketones (excluding diaryl/α,β-unsaturated/α-hetero) is 1. The molecule has 0 radical (unpaired) electrons. The van der Waals surface area contributed by atoms with Crippen LogP contribution in [-0.2, 0) is 11.2 Å². The van der Waals surface area contributed by atoms with Crippen LogP contribution in [0.1, 0.15) is 50.5 Å². The van der Waals surface area contributed by atoms with E-state index in [-0.39, 0.29) is 11.5 Å². The fourth-order valence-corrected chi connectivity index (χ4v) is 2.89. The zero-order chi connectivity index (χ0) is 14.4. The number of rotatable bonds is 6. The van der Waals surface area contributed by atoms with E-state index in [0.29, 0.717) is 12.8 Å². The Kier molecular flexibility index (Phi) is 5.27. The van der Waals surface area contributed by atoms with Gasteiger partial charge < -0.3 is 0 Å². The number of ketones is 1. The topological polar surface area (TPSA) is 60.2 Å². The molecule has 0 heterocycles. The number of non-ortho nitro benzene ring substituents is 1. The fraction of sp³-hybridized carbons (Fsp3) is 0.562. The van der Waals surface area contributed by atoms with Gasteiger partial charge in [-0.05, 0) is 17.9 Å². The maximum absolute atomic E-state index is 11.9. The molecule has 0 N–H and O–H groups in total. The average Bonchev–Trinajstić information content (AvgIpc) is 2.47. The van der Waals surface area contributed by atoms with Crippen molar-refractivity contribution in [2.75, 3.05) is 0 Å². The van der Waals surface area contributed by atoms with E-state index in [9.17, 15) is 14.9 Å². The van der Waals surface area contributed by atoms with Gasteiger partial charge in [0.25, 0.3) is 5.69 Å². The Labute approximate surface area is 119 Å². The van der Waals surface area contributed by atoms with Crippen molar-refractivity contribution < 1.29 is 9.72 Å². The van der Waals surface area contributed by atoms with Crippen LogP contribution >= 0.6 is 0 Å². The second-order valence-electron chi connectivity index (χ2n) is 5.68. The third-order valence-electron chi connectivity index (χ3n) is 4.10. The molecular formula is C16H21NO3. The van der Waals surface area contributed by atoms with Gasteiger partial charge in [0.1, 0.15) is 5.78 Å². The second-order valence-corrected chi connectivity index (χ2v) is 5.68. The van der Waals surface area contributed by atoms with Crippen LogP contribution in [0.2, 0.25) is 0 Å². The smallest absolute Gasteiger partial charge is 0.269 e. The van der Waals surface area contributed by atoms with Crippen molar-refractivity contribution in [3.05, 3.63) is 39.9 Å². The summed E-state index contributed by atoms with van der Waals surface area (Å²) in [6.45, 7) is 0. The Morgan fingerprint density at radius 2 is 1.80 bits per heavy atom.